The van der Waals surface area contributed by atoms with E-state index in [1.165, 1.54) is 11.3 Å². The van der Waals surface area contributed by atoms with Crippen LogP contribution in [0.2, 0.25) is 0 Å². The van der Waals surface area contributed by atoms with Crippen LogP contribution in [0.1, 0.15) is 32.0 Å². The average Bonchev–Trinajstić information content (AvgIpc) is 2.94. The van der Waals surface area contributed by atoms with Crippen molar-refractivity contribution in [1.82, 2.24) is 15.1 Å². The lowest BCUT2D eigenvalue weighted by molar-refractivity contribution is 0.271. The molecular weight excluding hydrogens is 262 g/mol. The fourth-order valence-corrected chi connectivity index (χ4v) is 2.10. The third kappa shape index (κ3) is 4.90. The molecule has 0 saturated carbocycles. The normalized spacial score (nSPS) is 11.0. The number of aromatic nitrogens is 2. The molecule has 4 nitrogen and oxygen atoms in total. The van der Waals surface area contributed by atoms with E-state index in [4.69, 9.17) is 4.74 Å². The van der Waals surface area contributed by atoms with Gasteiger partial charge in [-0.3, -0.25) is 4.68 Å². The highest BCUT2D eigenvalue weighted by Crippen LogP contribution is 2.13. The van der Waals surface area contributed by atoms with E-state index in [0.717, 1.165) is 32.0 Å². The van der Waals surface area contributed by atoms with E-state index in [2.05, 4.69) is 49.4 Å². The summed E-state index contributed by atoms with van der Waals surface area (Å²) in [5.74, 6) is 1.49. The Morgan fingerprint density at radius 3 is 2.57 bits per heavy atom. The molecule has 114 valence electrons. The number of hydrogen-bond acceptors (Lipinski definition) is 3. The van der Waals surface area contributed by atoms with Crippen LogP contribution in [-0.2, 0) is 19.6 Å². The third-order valence-electron chi connectivity index (χ3n) is 3.25. The minimum Gasteiger partial charge on any atom is -0.493 e. The Morgan fingerprint density at radius 1 is 1.14 bits per heavy atom. The fourth-order valence-electron chi connectivity index (χ4n) is 2.10. The highest BCUT2D eigenvalue weighted by Gasteiger charge is 2.01. The predicted molar refractivity (Wildman–Crippen MR) is 85.2 cm³/mol. The Bertz CT molecular complexity index is 531. The minimum atomic E-state index is 0.551. The van der Waals surface area contributed by atoms with Crippen molar-refractivity contribution in [3.8, 4) is 5.75 Å². The molecule has 0 spiro atoms. The molecule has 0 amide bonds. The van der Waals surface area contributed by atoms with E-state index in [0.29, 0.717) is 5.92 Å². The first-order valence-corrected chi connectivity index (χ1v) is 7.62. The van der Waals surface area contributed by atoms with Gasteiger partial charge in [0, 0.05) is 25.8 Å². The molecule has 1 aromatic carbocycles. The molecule has 1 aromatic heterocycles. The van der Waals surface area contributed by atoms with Crippen LogP contribution in [0.5, 0.6) is 5.75 Å². The Balaban J connectivity index is 1.78. The second-order valence-corrected chi connectivity index (χ2v) is 5.59. The summed E-state index contributed by atoms with van der Waals surface area (Å²) in [6.45, 7) is 9.76. The Morgan fingerprint density at radius 2 is 1.90 bits per heavy atom. The maximum Gasteiger partial charge on any atom is 0.119 e. The molecule has 2 aromatic rings. The SMILES string of the molecule is CCn1nccc1CNCc1ccc(OCC(C)C)cc1. The van der Waals surface area contributed by atoms with Gasteiger partial charge < -0.3 is 10.1 Å². The molecule has 1 heterocycles. The summed E-state index contributed by atoms with van der Waals surface area (Å²) in [7, 11) is 0. The van der Waals surface area contributed by atoms with Gasteiger partial charge in [-0.2, -0.15) is 5.10 Å². The summed E-state index contributed by atoms with van der Waals surface area (Å²) >= 11 is 0. The van der Waals surface area contributed by atoms with E-state index in [1.54, 1.807) is 0 Å². The first-order chi connectivity index (χ1) is 10.2. The maximum absolute atomic E-state index is 5.68. The predicted octanol–water partition coefficient (Wildman–Crippen LogP) is 3.23. The van der Waals surface area contributed by atoms with Crippen molar-refractivity contribution in [1.29, 1.82) is 0 Å². The molecule has 0 aliphatic heterocycles. The van der Waals surface area contributed by atoms with Crippen molar-refractivity contribution in [2.45, 2.75) is 40.4 Å². The second kappa shape index (κ2) is 7.84. The minimum absolute atomic E-state index is 0.551. The molecule has 0 bridgehead atoms. The van der Waals surface area contributed by atoms with E-state index in [-0.39, 0.29) is 0 Å². The second-order valence-electron chi connectivity index (χ2n) is 5.59. The van der Waals surface area contributed by atoms with Gasteiger partial charge in [0.25, 0.3) is 0 Å². The smallest absolute Gasteiger partial charge is 0.119 e. The lowest BCUT2D eigenvalue weighted by Gasteiger charge is -2.10. The number of hydrogen-bond donors (Lipinski definition) is 1. The van der Waals surface area contributed by atoms with Crippen LogP contribution < -0.4 is 10.1 Å². The van der Waals surface area contributed by atoms with Crippen molar-refractivity contribution in [2.24, 2.45) is 5.92 Å². The summed E-state index contributed by atoms with van der Waals surface area (Å²) in [6.07, 6.45) is 1.85. The van der Waals surface area contributed by atoms with Crippen molar-refractivity contribution < 1.29 is 4.74 Å². The molecule has 1 N–H and O–H groups in total. The zero-order valence-electron chi connectivity index (χ0n) is 13.2. The summed E-state index contributed by atoms with van der Waals surface area (Å²) in [6, 6.07) is 10.4. The topological polar surface area (TPSA) is 39.1 Å². The Labute approximate surface area is 127 Å². The van der Waals surface area contributed by atoms with Crippen LogP contribution in [-0.4, -0.2) is 16.4 Å². The zero-order valence-corrected chi connectivity index (χ0v) is 13.2. The number of ether oxygens (including phenoxy) is 1. The summed E-state index contributed by atoms with van der Waals surface area (Å²) in [4.78, 5) is 0. The van der Waals surface area contributed by atoms with Crippen LogP contribution in [0.15, 0.2) is 36.5 Å². The molecule has 0 aliphatic rings. The van der Waals surface area contributed by atoms with Gasteiger partial charge in [-0.1, -0.05) is 26.0 Å². The highest BCUT2D eigenvalue weighted by atomic mass is 16.5. The van der Waals surface area contributed by atoms with Gasteiger partial charge in [-0.25, -0.2) is 0 Å². The first-order valence-electron chi connectivity index (χ1n) is 7.62. The van der Waals surface area contributed by atoms with Gasteiger partial charge in [0.1, 0.15) is 5.75 Å². The average molecular weight is 287 g/mol. The molecule has 2 rings (SSSR count). The summed E-state index contributed by atoms with van der Waals surface area (Å²) in [5.41, 5.74) is 2.48. The van der Waals surface area contributed by atoms with Crippen molar-refractivity contribution in [3.05, 3.63) is 47.8 Å². The first kappa shape index (κ1) is 15.6. The standard InChI is InChI=1S/C17H25N3O/c1-4-20-16(9-10-19-20)12-18-11-15-5-7-17(8-6-15)21-13-14(2)3/h5-10,14,18H,4,11-13H2,1-3H3. The van der Waals surface area contributed by atoms with E-state index in [9.17, 15) is 0 Å². The van der Waals surface area contributed by atoms with Gasteiger partial charge >= 0.3 is 0 Å². The molecule has 0 fully saturated rings. The quantitative estimate of drug-likeness (QED) is 0.810. The van der Waals surface area contributed by atoms with E-state index < -0.39 is 0 Å². The van der Waals surface area contributed by atoms with Crippen LogP contribution >= 0.6 is 0 Å². The van der Waals surface area contributed by atoms with Crippen LogP contribution in [0.4, 0.5) is 0 Å². The number of aryl methyl sites for hydroxylation is 1. The van der Waals surface area contributed by atoms with Gasteiger partial charge in [0.2, 0.25) is 0 Å². The Hall–Kier alpha value is -1.81. The monoisotopic (exact) mass is 287 g/mol. The number of rotatable bonds is 8. The van der Waals surface area contributed by atoms with Crippen molar-refractivity contribution >= 4 is 0 Å². The van der Waals surface area contributed by atoms with Crippen LogP contribution in [0.25, 0.3) is 0 Å². The largest absolute Gasteiger partial charge is 0.493 e. The molecule has 21 heavy (non-hydrogen) atoms. The molecule has 0 radical (unpaired) electrons. The van der Waals surface area contributed by atoms with Gasteiger partial charge in [0.05, 0.1) is 12.3 Å². The number of benzene rings is 1. The zero-order chi connectivity index (χ0) is 15.1. The molecule has 0 atom stereocenters. The molecule has 0 unspecified atom stereocenters. The van der Waals surface area contributed by atoms with Crippen LogP contribution in [0.3, 0.4) is 0 Å². The highest BCUT2D eigenvalue weighted by molar-refractivity contribution is 5.27. The Kier molecular flexibility index (Phi) is 5.81. The molecule has 0 aliphatic carbocycles. The molecule has 0 saturated heterocycles. The van der Waals surface area contributed by atoms with E-state index >= 15 is 0 Å². The summed E-state index contributed by atoms with van der Waals surface area (Å²) in [5, 5.41) is 7.71. The molecular formula is C17H25N3O. The summed E-state index contributed by atoms with van der Waals surface area (Å²) < 4.78 is 7.69. The van der Waals surface area contributed by atoms with Crippen molar-refractivity contribution in [2.75, 3.05) is 6.61 Å². The third-order valence-corrected chi connectivity index (χ3v) is 3.25. The number of nitrogens with zero attached hydrogens (tertiary/aromatic N) is 2. The van der Waals surface area contributed by atoms with Gasteiger partial charge in [-0.05, 0) is 36.6 Å². The van der Waals surface area contributed by atoms with Gasteiger partial charge in [0.15, 0.2) is 0 Å². The van der Waals surface area contributed by atoms with Gasteiger partial charge in [-0.15, -0.1) is 0 Å². The maximum atomic E-state index is 5.68. The van der Waals surface area contributed by atoms with E-state index in [1.807, 2.05) is 23.0 Å². The molecule has 4 heteroatoms. The van der Waals surface area contributed by atoms with Crippen molar-refractivity contribution in [3.63, 3.8) is 0 Å². The fraction of sp³-hybridized carbons (Fsp3) is 0.471. The van der Waals surface area contributed by atoms with Crippen LogP contribution in [0, 0.1) is 5.92 Å². The lowest BCUT2D eigenvalue weighted by atomic mass is 10.2. The number of nitrogens with one attached hydrogen (secondary N) is 1. The lowest BCUT2D eigenvalue weighted by Crippen LogP contribution is -2.16.